The van der Waals surface area contributed by atoms with E-state index in [1.807, 2.05) is 59.5 Å². The van der Waals surface area contributed by atoms with Gasteiger partial charge in [-0.05, 0) is 61.0 Å². The normalized spacial score (nSPS) is 18.6. The molecule has 2 aliphatic rings. The van der Waals surface area contributed by atoms with Gasteiger partial charge in [0.2, 0.25) is 5.91 Å². The molecular formula is C27H35N3O4. The minimum atomic E-state index is -0.409. The Bertz CT molecular complexity index is 956. The quantitative estimate of drug-likeness (QED) is 0.638. The average molecular weight is 466 g/mol. The number of rotatable bonds is 8. The lowest BCUT2D eigenvalue weighted by atomic mass is 9.77. The number of nitrogens with one attached hydrogen (secondary N) is 1. The van der Waals surface area contributed by atoms with Crippen molar-refractivity contribution in [3.8, 4) is 5.75 Å². The fourth-order valence-corrected chi connectivity index (χ4v) is 5.18. The standard InChI is InChI=1S/C27H35N3O4/c1-33-23-10-8-21(9-11-23)19-30-20-27(18-25(30)31)13-16-29(17-14-27)15-12-24(28-26(32)34-2)22-6-4-3-5-7-22/h3-11,24H,12-20H2,1-2H3,(H,28,32)/t24-/m0/s1. The maximum atomic E-state index is 12.8. The Hall–Kier alpha value is -3.06. The van der Waals surface area contributed by atoms with Gasteiger partial charge in [-0.25, -0.2) is 4.79 Å². The van der Waals surface area contributed by atoms with Gasteiger partial charge in [-0.3, -0.25) is 4.79 Å². The molecule has 0 aliphatic carbocycles. The molecule has 2 saturated heterocycles. The van der Waals surface area contributed by atoms with E-state index in [4.69, 9.17) is 9.47 Å². The number of carbonyl (C=O) groups excluding carboxylic acids is 2. The lowest BCUT2D eigenvalue weighted by Crippen LogP contribution is -2.42. The maximum Gasteiger partial charge on any atom is 0.407 e. The van der Waals surface area contributed by atoms with Crippen LogP contribution in [-0.2, 0) is 16.1 Å². The van der Waals surface area contributed by atoms with Crippen LogP contribution in [0, 0.1) is 5.41 Å². The van der Waals surface area contributed by atoms with Gasteiger partial charge in [-0.15, -0.1) is 0 Å². The second kappa shape index (κ2) is 10.9. The molecule has 2 aromatic carbocycles. The molecule has 1 N–H and O–H groups in total. The van der Waals surface area contributed by atoms with Crippen LogP contribution >= 0.6 is 0 Å². The van der Waals surface area contributed by atoms with Crippen molar-refractivity contribution < 1.29 is 19.1 Å². The third kappa shape index (κ3) is 5.89. The van der Waals surface area contributed by atoms with Gasteiger partial charge in [0.15, 0.2) is 0 Å². The highest BCUT2D eigenvalue weighted by molar-refractivity contribution is 5.79. The minimum Gasteiger partial charge on any atom is -0.497 e. The van der Waals surface area contributed by atoms with Crippen molar-refractivity contribution >= 4 is 12.0 Å². The molecule has 4 rings (SSSR count). The predicted octanol–water partition coefficient (Wildman–Crippen LogP) is 4.00. The molecule has 1 atom stereocenters. The first kappa shape index (κ1) is 24.1. The van der Waals surface area contributed by atoms with Crippen LogP contribution in [-0.4, -0.2) is 62.2 Å². The van der Waals surface area contributed by atoms with Crippen molar-refractivity contribution in [2.45, 2.75) is 38.3 Å². The lowest BCUT2D eigenvalue weighted by molar-refractivity contribution is -0.128. The summed E-state index contributed by atoms with van der Waals surface area (Å²) in [6.45, 7) is 4.34. The Morgan fingerprint density at radius 2 is 1.76 bits per heavy atom. The highest BCUT2D eigenvalue weighted by Gasteiger charge is 2.44. The molecule has 0 aromatic heterocycles. The zero-order chi connectivity index (χ0) is 24.0. The first-order valence-corrected chi connectivity index (χ1v) is 12.0. The van der Waals surface area contributed by atoms with E-state index < -0.39 is 6.09 Å². The van der Waals surface area contributed by atoms with Gasteiger partial charge < -0.3 is 24.6 Å². The van der Waals surface area contributed by atoms with Gasteiger partial charge in [0.1, 0.15) is 5.75 Å². The topological polar surface area (TPSA) is 71.1 Å². The van der Waals surface area contributed by atoms with Gasteiger partial charge in [-0.1, -0.05) is 42.5 Å². The molecule has 0 bridgehead atoms. The first-order chi connectivity index (χ1) is 16.5. The summed E-state index contributed by atoms with van der Waals surface area (Å²) in [7, 11) is 3.05. The van der Waals surface area contributed by atoms with Crippen LogP contribution in [0.5, 0.6) is 5.75 Å². The van der Waals surface area contributed by atoms with Gasteiger partial charge in [-0.2, -0.15) is 0 Å². The molecule has 34 heavy (non-hydrogen) atoms. The molecule has 0 radical (unpaired) electrons. The average Bonchev–Trinajstić information content (AvgIpc) is 3.17. The second-order valence-electron chi connectivity index (χ2n) is 9.50. The van der Waals surface area contributed by atoms with Gasteiger partial charge in [0.25, 0.3) is 0 Å². The van der Waals surface area contributed by atoms with Crippen molar-refractivity contribution in [2.24, 2.45) is 5.41 Å². The molecule has 7 heteroatoms. The Balaban J connectivity index is 1.29. The van der Waals surface area contributed by atoms with E-state index in [2.05, 4.69) is 10.2 Å². The lowest BCUT2D eigenvalue weighted by Gasteiger charge is -2.39. The predicted molar refractivity (Wildman–Crippen MR) is 130 cm³/mol. The van der Waals surface area contributed by atoms with Crippen LogP contribution in [0.15, 0.2) is 54.6 Å². The summed E-state index contributed by atoms with van der Waals surface area (Å²) in [6.07, 6.45) is 3.10. The van der Waals surface area contributed by atoms with Gasteiger partial charge in [0, 0.05) is 26.1 Å². The fraction of sp³-hybridized carbons (Fsp3) is 0.481. The number of ether oxygens (including phenoxy) is 2. The molecule has 7 nitrogen and oxygen atoms in total. The molecule has 0 unspecified atom stereocenters. The number of hydrogen-bond acceptors (Lipinski definition) is 5. The van der Waals surface area contributed by atoms with Gasteiger partial charge in [0.05, 0.1) is 20.3 Å². The molecule has 2 amide bonds. The van der Waals surface area contributed by atoms with E-state index in [0.29, 0.717) is 13.0 Å². The number of methoxy groups -OCH3 is 2. The largest absolute Gasteiger partial charge is 0.497 e. The number of carbonyl (C=O) groups is 2. The molecule has 2 fully saturated rings. The Kier molecular flexibility index (Phi) is 7.73. The zero-order valence-electron chi connectivity index (χ0n) is 20.2. The molecular weight excluding hydrogens is 430 g/mol. The molecule has 2 heterocycles. The van der Waals surface area contributed by atoms with E-state index >= 15 is 0 Å². The first-order valence-electron chi connectivity index (χ1n) is 12.0. The summed E-state index contributed by atoms with van der Waals surface area (Å²) in [5, 5.41) is 2.97. The molecule has 2 aliphatic heterocycles. The molecule has 2 aromatic rings. The molecule has 1 spiro atoms. The highest BCUT2D eigenvalue weighted by Crippen LogP contribution is 2.41. The van der Waals surface area contributed by atoms with E-state index in [9.17, 15) is 9.59 Å². The maximum absolute atomic E-state index is 12.8. The SMILES string of the molecule is COC(=O)N[C@@H](CCN1CCC2(CC1)CC(=O)N(Cc1ccc(OC)cc1)C2)c1ccccc1. The Morgan fingerprint density at radius 3 is 2.41 bits per heavy atom. The summed E-state index contributed by atoms with van der Waals surface area (Å²) in [5.74, 6) is 1.09. The number of likely N-dealkylation sites (tertiary alicyclic amines) is 2. The van der Waals surface area contributed by atoms with E-state index in [0.717, 1.165) is 62.3 Å². The number of nitrogens with zero attached hydrogens (tertiary/aromatic N) is 2. The highest BCUT2D eigenvalue weighted by atomic mass is 16.5. The van der Waals surface area contributed by atoms with Crippen molar-refractivity contribution in [3.05, 3.63) is 65.7 Å². The summed E-state index contributed by atoms with van der Waals surface area (Å²) in [6, 6.07) is 17.9. The minimum absolute atomic E-state index is 0.0856. The van der Waals surface area contributed by atoms with Crippen LogP contribution in [0.3, 0.4) is 0 Å². The van der Waals surface area contributed by atoms with E-state index in [1.54, 1.807) is 7.11 Å². The number of alkyl carbamates (subject to hydrolysis) is 1. The third-order valence-corrected chi connectivity index (χ3v) is 7.27. The van der Waals surface area contributed by atoms with Crippen LogP contribution in [0.25, 0.3) is 0 Å². The van der Waals surface area contributed by atoms with Crippen molar-refractivity contribution in [1.82, 2.24) is 15.1 Å². The second-order valence-corrected chi connectivity index (χ2v) is 9.50. The van der Waals surface area contributed by atoms with Crippen molar-refractivity contribution in [1.29, 1.82) is 0 Å². The Morgan fingerprint density at radius 1 is 1.06 bits per heavy atom. The van der Waals surface area contributed by atoms with E-state index in [1.165, 1.54) is 7.11 Å². The van der Waals surface area contributed by atoms with Crippen LogP contribution < -0.4 is 10.1 Å². The van der Waals surface area contributed by atoms with Crippen LogP contribution in [0.4, 0.5) is 4.79 Å². The molecule has 0 saturated carbocycles. The fourth-order valence-electron chi connectivity index (χ4n) is 5.18. The summed E-state index contributed by atoms with van der Waals surface area (Å²) >= 11 is 0. The summed E-state index contributed by atoms with van der Waals surface area (Å²) < 4.78 is 10.1. The number of benzene rings is 2. The number of piperidine rings is 1. The zero-order valence-corrected chi connectivity index (χ0v) is 20.2. The number of amides is 2. The van der Waals surface area contributed by atoms with E-state index in [-0.39, 0.29) is 17.4 Å². The summed E-state index contributed by atoms with van der Waals surface area (Å²) in [4.78, 5) is 29.1. The monoisotopic (exact) mass is 465 g/mol. The Labute approximate surface area is 202 Å². The summed E-state index contributed by atoms with van der Waals surface area (Å²) in [5.41, 5.74) is 2.30. The van der Waals surface area contributed by atoms with Gasteiger partial charge >= 0.3 is 6.09 Å². The molecule has 182 valence electrons. The van der Waals surface area contributed by atoms with Crippen LogP contribution in [0.1, 0.15) is 42.9 Å². The number of hydrogen-bond donors (Lipinski definition) is 1. The van der Waals surface area contributed by atoms with Crippen LogP contribution in [0.2, 0.25) is 0 Å². The third-order valence-electron chi connectivity index (χ3n) is 7.27. The van der Waals surface area contributed by atoms with Crippen molar-refractivity contribution in [3.63, 3.8) is 0 Å². The smallest absolute Gasteiger partial charge is 0.407 e. The van der Waals surface area contributed by atoms with Crippen molar-refractivity contribution in [2.75, 3.05) is 40.4 Å².